The van der Waals surface area contributed by atoms with Crippen LogP contribution in [0.2, 0.25) is 0 Å². The number of hydrogen-bond donors (Lipinski definition) is 2. The summed E-state index contributed by atoms with van der Waals surface area (Å²) in [6.07, 6.45) is 5.71. The Morgan fingerprint density at radius 1 is 1.12 bits per heavy atom. The SMILES string of the molecule is O=C1CCCc2cc(NC(=O)c3ccc(-n4cccn4)cc3)ccc2N1. The number of anilines is 2. The Bertz CT molecular complexity index is 946. The number of hydrogen-bond acceptors (Lipinski definition) is 3. The molecule has 130 valence electrons. The van der Waals surface area contributed by atoms with E-state index in [0.717, 1.165) is 35.5 Å². The van der Waals surface area contributed by atoms with Crippen LogP contribution < -0.4 is 10.6 Å². The van der Waals surface area contributed by atoms with Gasteiger partial charge in [-0.25, -0.2) is 4.68 Å². The number of benzene rings is 2. The van der Waals surface area contributed by atoms with Crippen molar-refractivity contribution in [3.8, 4) is 5.69 Å². The quantitative estimate of drug-likeness (QED) is 0.763. The normalized spacial score (nSPS) is 13.5. The van der Waals surface area contributed by atoms with Crippen LogP contribution in [0.15, 0.2) is 60.9 Å². The molecule has 2 amide bonds. The van der Waals surface area contributed by atoms with E-state index >= 15 is 0 Å². The Morgan fingerprint density at radius 3 is 2.73 bits per heavy atom. The predicted molar refractivity (Wildman–Crippen MR) is 99.5 cm³/mol. The topological polar surface area (TPSA) is 76.0 Å². The number of carbonyl (C=O) groups excluding carboxylic acids is 2. The highest BCUT2D eigenvalue weighted by atomic mass is 16.2. The third-order valence-corrected chi connectivity index (χ3v) is 4.39. The van der Waals surface area contributed by atoms with Crippen LogP contribution in [-0.4, -0.2) is 21.6 Å². The van der Waals surface area contributed by atoms with Crippen molar-refractivity contribution in [2.45, 2.75) is 19.3 Å². The Labute approximate surface area is 150 Å². The van der Waals surface area contributed by atoms with Gasteiger partial charge in [-0.1, -0.05) is 0 Å². The fourth-order valence-corrected chi connectivity index (χ4v) is 3.04. The lowest BCUT2D eigenvalue weighted by molar-refractivity contribution is -0.116. The molecule has 0 fully saturated rings. The summed E-state index contributed by atoms with van der Waals surface area (Å²) >= 11 is 0. The molecule has 2 aromatic carbocycles. The van der Waals surface area contributed by atoms with E-state index in [9.17, 15) is 9.59 Å². The molecule has 1 aliphatic rings. The number of nitrogens with one attached hydrogen (secondary N) is 2. The van der Waals surface area contributed by atoms with Crippen LogP contribution in [0, 0.1) is 0 Å². The molecule has 6 nitrogen and oxygen atoms in total. The minimum atomic E-state index is -0.172. The monoisotopic (exact) mass is 346 g/mol. The van der Waals surface area contributed by atoms with Crippen molar-refractivity contribution in [1.29, 1.82) is 0 Å². The van der Waals surface area contributed by atoms with Gasteiger partial charge in [0, 0.05) is 35.8 Å². The van der Waals surface area contributed by atoms with Crippen LogP contribution >= 0.6 is 0 Å². The number of aryl methyl sites for hydroxylation is 1. The smallest absolute Gasteiger partial charge is 0.255 e. The standard InChI is InChI=1S/C20H18N4O2/c25-19-4-1-3-15-13-16(7-10-18(15)23-19)22-20(26)14-5-8-17(9-6-14)24-12-2-11-21-24/h2,5-13H,1,3-4H2,(H,22,26)(H,23,25). The van der Waals surface area contributed by atoms with Crippen LogP contribution in [0.3, 0.4) is 0 Å². The molecule has 0 atom stereocenters. The molecule has 0 spiro atoms. The van der Waals surface area contributed by atoms with E-state index in [1.54, 1.807) is 29.1 Å². The van der Waals surface area contributed by atoms with E-state index in [1.165, 1.54) is 0 Å². The second-order valence-electron chi connectivity index (χ2n) is 6.23. The predicted octanol–water partition coefficient (Wildman–Crippen LogP) is 3.40. The van der Waals surface area contributed by atoms with Gasteiger partial charge < -0.3 is 10.6 Å². The molecule has 0 unspecified atom stereocenters. The van der Waals surface area contributed by atoms with Crippen LogP contribution in [0.25, 0.3) is 5.69 Å². The highest BCUT2D eigenvalue weighted by Crippen LogP contribution is 2.25. The molecule has 0 aliphatic carbocycles. The van der Waals surface area contributed by atoms with Crippen LogP contribution in [0.4, 0.5) is 11.4 Å². The molecule has 0 saturated carbocycles. The number of rotatable bonds is 3. The summed E-state index contributed by atoms with van der Waals surface area (Å²) in [5, 5.41) is 9.98. The van der Waals surface area contributed by atoms with Gasteiger partial charge in [-0.05, 0) is 66.9 Å². The maximum Gasteiger partial charge on any atom is 0.255 e. The first-order valence-corrected chi connectivity index (χ1v) is 8.53. The molecular formula is C20H18N4O2. The molecule has 26 heavy (non-hydrogen) atoms. The second kappa shape index (κ2) is 6.84. The van der Waals surface area contributed by atoms with E-state index in [0.29, 0.717) is 12.0 Å². The Morgan fingerprint density at radius 2 is 1.96 bits per heavy atom. The first-order chi connectivity index (χ1) is 12.7. The molecule has 1 aliphatic heterocycles. The highest BCUT2D eigenvalue weighted by Gasteiger charge is 2.14. The number of amides is 2. The Kier molecular flexibility index (Phi) is 4.23. The summed E-state index contributed by atoms with van der Waals surface area (Å²) in [5.74, 6) is -0.132. The molecular weight excluding hydrogens is 328 g/mol. The largest absolute Gasteiger partial charge is 0.326 e. The van der Waals surface area contributed by atoms with Crippen molar-refractivity contribution in [2.75, 3.05) is 10.6 Å². The van der Waals surface area contributed by atoms with Crippen LogP contribution in [0.5, 0.6) is 0 Å². The maximum atomic E-state index is 12.5. The zero-order chi connectivity index (χ0) is 17.9. The highest BCUT2D eigenvalue weighted by molar-refractivity contribution is 6.04. The van der Waals surface area contributed by atoms with E-state index < -0.39 is 0 Å². The number of fused-ring (bicyclic) bond motifs is 1. The van der Waals surface area contributed by atoms with Gasteiger partial charge >= 0.3 is 0 Å². The summed E-state index contributed by atoms with van der Waals surface area (Å²) < 4.78 is 1.74. The third kappa shape index (κ3) is 3.35. The number of aromatic nitrogens is 2. The van der Waals surface area contributed by atoms with Gasteiger partial charge in [-0.2, -0.15) is 5.10 Å². The number of carbonyl (C=O) groups is 2. The summed E-state index contributed by atoms with van der Waals surface area (Å²) in [5.41, 5.74) is 4.06. The summed E-state index contributed by atoms with van der Waals surface area (Å²) in [6.45, 7) is 0. The molecule has 0 bridgehead atoms. The molecule has 2 N–H and O–H groups in total. The van der Waals surface area contributed by atoms with Crippen LogP contribution in [0.1, 0.15) is 28.8 Å². The van der Waals surface area contributed by atoms with Crippen molar-refractivity contribution in [1.82, 2.24) is 9.78 Å². The Balaban J connectivity index is 1.49. The van der Waals surface area contributed by atoms with Gasteiger partial charge in [0.1, 0.15) is 0 Å². The summed E-state index contributed by atoms with van der Waals surface area (Å²) in [7, 11) is 0. The maximum absolute atomic E-state index is 12.5. The van der Waals surface area contributed by atoms with Crippen molar-refractivity contribution in [3.63, 3.8) is 0 Å². The average Bonchev–Trinajstić information content (AvgIpc) is 3.12. The second-order valence-corrected chi connectivity index (χ2v) is 6.23. The molecule has 6 heteroatoms. The first-order valence-electron chi connectivity index (χ1n) is 8.53. The first kappa shape index (κ1) is 16.1. The minimum absolute atomic E-state index is 0.0396. The fraction of sp³-hybridized carbons (Fsp3) is 0.150. The zero-order valence-electron chi connectivity index (χ0n) is 14.1. The van der Waals surface area contributed by atoms with Crippen LogP contribution in [-0.2, 0) is 11.2 Å². The van der Waals surface area contributed by atoms with Gasteiger partial charge in [0.15, 0.2) is 0 Å². The molecule has 0 radical (unpaired) electrons. The Hall–Kier alpha value is -3.41. The molecule has 2 heterocycles. The van der Waals surface area contributed by atoms with E-state index in [1.807, 2.05) is 36.5 Å². The van der Waals surface area contributed by atoms with E-state index in [4.69, 9.17) is 0 Å². The zero-order valence-corrected chi connectivity index (χ0v) is 14.1. The van der Waals surface area contributed by atoms with Gasteiger partial charge in [-0.15, -0.1) is 0 Å². The van der Waals surface area contributed by atoms with E-state index in [-0.39, 0.29) is 11.8 Å². The van der Waals surface area contributed by atoms with Gasteiger partial charge in [0.05, 0.1) is 5.69 Å². The molecule has 4 rings (SSSR count). The lowest BCUT2D eigenvalue weighted by Gasteiger charge is -2.11. The molecule has 0 saturated heterocycles. The molecule has 3 aromatic rings. The van der Waals surface area contributed by atoms with Crippen molar-refractivity contribution in [2.24, 2.45) is 0 Å². The van der Waals surface area contributed by atoms with E-state index in [2.05, 4.69) is 15.7 Å². The van der Waals surface area contributed by atoms with Crippen molar-refractivity contribution in [3.05, 3.63) is 72.1 Å². The lowest BCUT2D eigenvalue weighted by atomic mass is 10.1. The minimum Gasteiger partial charge on any atom is -0.326 e. The summed E-state index contributed by atoms with van der Waals surface area (Å²) in [6, 6.07) is 14.7. The van der Waals surface area contributed by atoms with Gasteiger partial charge in [0.2, 0.25) is 5.91 Å². The average molecular weight is 346 g/mol. The van der Waals surface area contributed by atoms with Gasteiger partial charge in [-0.3, -0.25) is 9.59 Å². The fourth-order valence-electron chi connectivity index (χ4n) is 3.04. The van der Waals surface area contributed by atoms with Gasteiger partial charge in [0.25, 0.3) is 5.91 Å². The lowest BCUT2D eigenvalue weighted by Crippen LogP contribution is -2.13. The van der Waals surface area contributed by atoms with Crippen molar-refractivity contribution >= 4 is 23.2 Å². The number of nitrogens with zero attached hydrogens (tertiary/aromatic N) is 2. The molecule has 1 aromatic heterocycles. The summed E-state index contributed by atoms with van der Waals surface area (Å²) in [4.78, 5) is 24.1. The van der Waals surface area contributed by atoms with Crippen molar-refractivity contribution < 1.29 is 9.59 Å². The third-order valence-electron chi connectivity index (χ3n) is 4.39.